The summed E-state index contributed by atoms with van der Waals surface area (Å²) in [5.41, 5.74) is 0. The molecule has 0 bridgehead atoms. The Kier molecular flexibility index (Phi) is 5.80. The third kappa shape index (κ3) is 4.63. The lowest BCUT2D eigenvalue weighted by molar-refractivity contribution is -0.140. The molecule has 0 amide bonds. The van der Waals surface area contributed by atoms with Crippen LogP contribution in [0.15, 0.2) is 4.99 Å². The van der Waals surface area contributed by atoms with Gasteiger partial charge < -0.3 is 15.0 Å². The molecule has 1 N–H and O–H groups in total. The van der Waals surface area contributed by atoms with E-state index in [2.05, 4.69) is 26.9 Å². The Hall–Kier alpha value is -1.26. The second-order valence-corrected chi connectivity index (χ2v) is 4.49. The van der Waals surface area contributed by atoms with Crippen LogP contribution in [0, 0.1) is 5.92 Å². The van der Waals surface area contributed by atoms with Gasteiger partial charge in [-0.15, -0.1) is 0 Å². The number of likely N-dealkylation sites (tertiary alicyclic amines) is 1. The first-order chi connectivity index (χ1) is 8.17. The van der Waals surface area contributed by atoms with Crippen molar-refractivity contribution in [1.29, 1.82) is 0 Å². The molecule has 0 aromatic carbocycles. The van der Waals surface area contributed by atoms with Crippen LogP contribution in [-0.2, 0) is 9.53 Å². The van der Waals surface area contributed by atoms with Crippen LogP contribution >= 0.6 is 0 Å². The number of rotatable bonds is 3. The smallest absolute Gasteiger partial charge is 0.307 e. The fourth-order valence-corrected chi connectivity index (χ4v) is 2.09. The number of carbonyl (C=O) groups is 1. The number of carbonyl (C=O) groups excluding carboxylic acids is 1. The first kappa shape index (κ1) is 13.8. The summed E-state index contributed by atoms with van der Waals surface area (Å²) in [6.45, 7) is 4.91. The maximum Gasteiger partial charge on any atom is 0.307 e. The minimum atomic E-state index is -0.194. The molecular formula is C12H23N3O2. The second kappa shape index (κ2) is 7.14. The summed E-state index contributed by atoms with van der Waals surface area (Å²) < 4.78 is 4.60. The highest BCUT2D eigenvalue weighted by atomic mass is 16.5. The molecule has 98 valence electrons. The van der Waals surface area contributed by atoms with Crippen molar-refractivity contribution in [3.8, 4) is 0 Å². The predicted molar refractivity (Wildman–Crippen MR) is 68.0 cm³/mol. The highest BCUT2D eigenvalue weighted by Crippen LogP contribution is 2.15. The molecule has 1 unspecified atom stereocenters. The van der Waals surface area contributed by atoms with Gasteiger partial charge in [0.2, 0.25) is 0 Å². The molecule has 0 aliphatic carbocycles. The molecule has 1 aliphatic rings. The molecular weight excluding hydrogens is 218 g/mol. The molecule has 1 fully saturated rings. The standard InChI is InChI=1S/C12H23N3O2/c1-10-5-4-8-15(9-10)12(13-2)14-7-6-11(16)17-3/h10H,4-9H2,1-3H3,(H,13,14). The van der Waals surface area contributed by atoms with Crippen molar-refractivity contribution >= 4 is 11.9 Å². The van der Waals surface area contributed by atoms with Gasteiger partial charge in [-0.1, -0.05) is 6.92 Å². The fourth-order valence-electron chi connectivity index (χ4n) is 2.09. The van der Waals surface area contributed by atoms with Gasteiger partial charge in [0.25, 0.3) is 0 Å². The number of guanidine groups is 1. The largest absolute Gasteiger partial charge is 0.469 e. The normalized spacial score (nSPS) is 21.2. The first-order valence-electron chi connectivity index (χ1n) is 6.19. The Balaban J connectivity index is 2.35. The van der Waals surface area contributed by atoms with Gasteiger partial charge in [-0.05, 0) is 18.8 Å². The van der Waals surface area contributed by atoms with Crippen LogP contribution in [0.1, 0.15) is 26.2 Å². The lowest BCUT2D eigenvalue weighted by atomic mass is 10.0. The number of hydrogen-bond acceptors (Lipinski definition) is 3. The van der Waals surface area contributed by atoms with Crippen LogP contribution in [0.5, 0.6) is 0 Å². The van der Waals surface area contributed by atoms with Gasteiger partial charge in [0.1, 0.15) is 0 Å². The highest BCUT2D eigenvalue weighted by molar-refractivity contribution is 5.80. The second-order valence-electron chi connectivity index (χ2n) is 4.49. The van der Waals surface area contributed by atoms with Gasteiger partial charge in [0.05, 0.1) is 13.5 Å². The minimum absolute atomic E-state index is 0.194. The predicted octanol–water partition coefficient (Wildman–Crippen LogP) is 0.857. The van der Waals surface area contributed by atoms with Crippen LogP contribution < -0.4 is 5.32 Å². The van der Waals surface area contributed by atoms with Crippen LogP contribution in [0.4, 0.5) is 0 Å². The number of nitrogens with one attached hydrogen (secondary N) is 1. The SMILES string of the molecule is CN=C(NCCC(=O)OC)N1CCCC(C)C1. The van der Waals surface area contributed by atoms with Crippen molar-refractivity contribution in [1.82, 2.24) is 10.2 Å². The molecule has 5 heteroatoms. The van der Waals surface area contributed by atoms with E-state index < -0.39 is 0 Å². The van der Waals surface area contributed by atoms with Gasteiger partial charge >= 0.3 is 5.97 Å². The molecule has 1 heterocycles. The summed E-state index contributed by atoms with van der Waals surface area (Å²) in [5.74, 6) is 1.41. The van der Waals surface area contributed by atoms with E-state index in [1.54, 1.807) is 7.05 Å². The molecule has 1 rings (SSSR count). The molecule has 0 saturated carbocycles. The fraction of sp³-hybridized carbons (Fsp3) is 0.833. The van der Waals surface area contributed by atoms with Crippen LogP contribution in [0.2, 0.25) is 0 Å². The topological polar surface area (TPSA) is 53.9 Å². The maximum atomic E-state index is 11.0. The quantitative estimate of drug-likeness (QED) is 0.452. The molecule has 5 nitrogen and oxygen atoms in total. The van der Waals surface area contributed by atoms with Crippen molar-refractivity contribution in [2.45, 2.75) is 26.2 Å². The number of methoxy groups -OCH3 is 1. The zero-order valence-corrected chi connectivity index (χ0v) is 11.0. The zero-order valence-electron chi connectivity index (χ0n) is 11.0. The van der Waals surface area contributed by atoms with E-state index in [4.69, 9.17) is 0 Å². The summed E-state index contributed by atoms with van der Waals surface area (Å²) in [6.07, 6.45) is 2.87. The average molecular weight is 241 g/mol. The monoisotopic (exact) mass is 241 g/mol. The highest BCUT2D eigenvalue weighted by Gasteiger charge is 2.18. The van der Waals surface area contributed by atoms with Crippen LogP contribution in [-0.4, -0.2) is 50.6 Å². The average Bonchev–Trinajstić information content (AvgIpc) is 2.34. The Morgan fingerprint density at radius 2 is 2.35 bits per heavy atom. The molecule has 0 aromatic rings. The lowest BCUT2D eigenvalue weighted by Gasteiger charge is -2.33. The van der Waals surface area contributed by atoms with Gasteiger partial charge in [-0.2, -0.15) is 0 Å². The van der Waals surface area contributed by atoms with Gasteiger partial charge in [-0.25, -0.2) is 0 Å². The third-order valence-corrected chi connectivity index (χ3v) is 3.01. The van der Waals surface area contributed by atoms with Crippen LogP contribution in [0.3, 0.4) is 0 Å². The van der Waals surface area contributed by atoms with Gasteiger partial charge in [0.15, 0.2) is 5.96 Å². The Morgan fingerprint density at radius 1 is 1.59 bits per heavy atom. The van der Waals surface area contributed by atoms with E-state index in [9.17, 15) is 4.79 Å². The van der Waals surface area contributed by atoms with Crippen molar-refractivity contribution in [3.63, 3.8) is 0 Å². The summed E-state index contributed by atoms with van der Waals surface area (Å²) in [5, 5.41) is 3.20. The molecule has 1 saturated heterocycles. The Bertz CT molecular complexity index is 279. The molecule has 17 heavy (non-hydrogen) atoms. The molecule has 0 radical (unpaired) electrons. The number of nitrogens with zero attached hydrogens (tertiary/aromatic N) is 2. The van der Waals surface area contributed by atoms with Gasteiger partial charge in [0, 0.05) is 26.7 Å². The van der Waals surface area contributed by atoms with Crippen molar-refractivity contribution < 1.29 is 9.53 Å². The zero-order chi connectivity index (χ0) is 12.7. The number of piperidine rings is 1. The van der Waals surface area contributed by atoms with Crippen LogP contribution in [0.25, 0.3) is 0 Å². The molecule has 0 aromatic heterocycles. The summed E-state index contributed by atoms with van der Waals surface area (Å²) in [7, 11) is 3.18. The summed E-state index contributed by atoms with van der Waals surface area (Å²) in [6, 6.07) is 0. The lowest BCUT2D eigenvalue weighted by Crippen LogP contribution is -2.46. The minimum Gasteiger partial charge on any atom is -0.469 e. The van der Waals surface area contributed by atoms with E-state index >= 15 is 0 Å². The number of ether oxygens (including phenoxy) is 1. The number of esters is 1. The Labute approximate surface area is 103 Å². The maximum absolute atomic E-state index is 11.0. The van der Waals surface area contributed by atoms with E-state index in [0.29, 0.717) is 18.9 Å². The van der Waals surface area contributed by atoms with Gasteiger partial charge in [-0.3, -0.25) is 9.79 Å². The number of aliphatic imine (C=N–C) groups is 1. The first-order valence-corrected chi connectivity index (χ1v) is 6.19. The summed E-state index contributed by atoms with van der Waals surface area (Å²) in [4.78, 5) is 17.5. The van der Waals surface area contributed by atoms with Crippen molar-refractivity contribution in [2.75, 3.05) is 33.8 Å². The van der Waals surface area contributed by atoms with E-state index in [1.807, 2.05) is 0 Å². The molecule has 1 atom stereocenters. The molecule has 0 spiro atoms. The third-order valence-electron chi connectivity index (χ3n) is 3.01. The van der Waals surface area contributed by atoms with E-state index in [0.717, 1.165) is 19.0 Å². The Morgan fingerprint density at radius 3 is 2.94 bits per heavy atom. The summed E-state index contributed by atoms with van der Waals surface area (Å²) >= 11 is 0. The van der Waals surface area contributed by atoms with E-state index in [1.165, 1.54) is 20.0 Å². The van der Waals surface area contributed by atoms with Crippen molar-refractivity contribution in [2.24, 2.45) is 10.9 Å². The number of hydrogen-bond donors (Lipinski definition) is 1. The van der Waals surface area contributed by atoms with E-state index in [-0.39, 0.29) is 5.97 Å². The molecule has 1 aliphatic heterocycles. The van der Waals surface area contributed by atoms with Crippen molar-refractivity contribution in [3.05, 3.63) is 0 Å².